The molecule has 2 aromatic heterocycles. The molecule has 0 saturated carbocycles. The van der Waals surface area contributed by atoms with Gasteiger partial charge in [0.2, 0.25) is 0 Å². The molecule has 1 aliphatic rings. The molecule has 0 aliphatic carbocycles. The summed E-state index contributed by atoms with van der Waals surface area (Å²) < 4.78 is 12.9. The summed E-state index contributed by atoms with van der Waals surface area (Å²) in [6.45, 7) is 2.13. The monoisotopic (exact) mass is 413 g/mol. The minimum absolute atomic E-state index is 0.572. The number of piperidine rings is 1. The van der Waals surface area contributed by atoms with E-state index >= 15 is 0 Å². The van der Waals surface area contributed by atoms with E-state index in [9.17, 15) is 0 Å². The molecule has 0 spiro atoms. The molecule has 0 amide bonds. The van der Waals surface area contributed by atoms with E-state index < -0.39 is 0 Å². The summed E-state index contributed by atoms with van der Waals surface area (Å²) in [7, 11) is 3.29. The van der Waals surface area contributed by atoms with Crippen molar-refractivity contribution < 1.29 is 9.47 Å². The highest BCUT2D eigenvalue weighted by atomic mass is 16.5. The standard InChI is InChI=1S/C25H25N4O2/c1-30-22-10-4-8-20(23(22)31-2)21-9-5-15-29-25(21)27-24(28-29)19-7-3-6-18(16-19)17-11-13-26-14-12-17/h3-6,8-10,15-17,26H,11-14H2,1-2H3. The van der Waals surface area contributed by atoms with E-state index in [0.29, 0.717) is 23.2 Å². The number of benzene rings is 2. The number of pyridine rings is 1. The smallest absolute Gasteiger partial charge is 0.182 e. The molecule has 1 N–H and O–H groups in total. The fourth-order valence-corrected chi connectivity index (χ4v) is 4.35. The van der Waals surface area contributed by atoms with Crippen LogP contribution in [0.3, 0.4) is 0 Å². The normalized spacial score (nSPS) is 14.6. The van der Waals surface area contributed by atoms with E-state index in [2.05, 4.69) is 23.5 Å². The predicted molar refractivity (Wildman–Crippen MR) is 121 cm³/mol. The number of nitrogens with one attached hydrogen (secondary N) is 1. The molecule has 5 rings (SSSR count). The first-order valence-electron chi connectivity index (χ1n) is 10.6. The van der Waals surface area contributed by atoms with Crippen LogP contribution in [0.4, 0.5) is 0 Å². The van der Waals surface area contributed by atoms with E-state index in [-0.39, 0.29) is 0 Å². The van der Waals surface area contributed by atoms with Crippen molar-refractivity contribution in [2.75, 3.05) is 27.3 Å². The van der Waals surface area contributed by atoms with Crippen molar-refractivity contribution >= 4 is 5.65 Å². The van der Waals surface area contributed by atoms with E-state index in [0.717, 1.165) is 48.3 Å². The van der Waals surface area contributed by atoms with Gasteiger partial charge < -0.3 is 14.8 Å². The number of nitrogens with zero attached hydrogens (tertiary/aromatic N) is 3. The summed E-state index contributed by atoms with van der Waals surface area (Å²) in [6, 6.07) is 19.5. The third kappa shape index (κ3) is 3.64. The van der Waals surface area contributed by atoms with Crippen LogP contribution in [0, 0.1) is 6.07 Å². The molecule has 0 bridgehead atoms. The van der Waals surface area contributed by atoms with Gasteiger partial charge in [-0.1, -0.05) is 24.3 Å². The van der Waals surface area contributed by atoms with E-state index in [1.807, 2.05) is 47.1 Å². The molecular formula is C25H25N4O2. The minimum Gasteiger partial charge on any atom is -0.493 e. The quantitative estimate of drug-likeness (QED) is 0.527. The summed E-state index contributed by atoms with van der Waals surface area (Å²) >= 11 is 0. The van der Waals surface area contributed by atoms with Crippen molar-refractivity contribution in [1.82, 2.24) is 19.9 Å². The van der Waals surface area contributed by atoms with Crippen LogP contribution in [-0.2, 0) is 0 Å². The van der Waals surface area contributed by atoms with Gasteiger partial charge in [0, 0.05) is 22.9 Å². The van der Waals surface area contributed by atoms with Gasteiger partial charge in [-0.3, -0.25) is 0 Å². The van der Waals surface area contributed by atoms with Gasteiger partial charge in [-0.2, -0.15) is 0 Å². The second kappa shape index (κ2) is 8.40. The summed E-state index contributed by atoms with van der Waals surface area (Å²) in [5.74, 6) is 2.61. The van der Waals surface area contributed by atoms with Crippen LogP contribution in [0.2, 0.25) is 0 Å². The third-order valence-corrected chi connectivity index (χ3v) is 5.93. The van der Waals surface area contributed by atoms with E-state index in [4.69, 9.17) is 19.6 Å². The van der Waals surface area contributed by atoms with Crippen molar-refractivity contribution in [3.05, 3.63) is 66.4 Å². The maximum Gasteiger partial charge on any atom is 0.182 e. The highest BCUT2D eigenvalue weighted by Crippen LogP contribution is 2.39. The topological polar surface area (TPSA) is 60.7 Å². The summed E-state index contributed by atoms with van der Waals surface area (Å²) in [4.78, 5) is 4.89. The Labute approximate surface area is 181 Å². The van der Waals surface area contributed by atoms with E-state index in [1.165, 1.54) is 5.56 Å². The number of hydrogen-bond donors (Lipinski definition) is 1. The summed E-state index contributed by atoms with van der Waals surface area (Å²) in [5, 5.41) is 8.18. The van der Waals surface area contributed by atoms with Gasteiger partial charge in [-0.05, 0) is 67.7 Å². The van der Waals surface area contributed by atoms with Crippen molar-refractivity contribution in [1.29, 1.82) is 0 Å². The van der Waals surface area contributed by atoms with Gasteiger partial charge in [0.25, 0.3) is 0 Å². The molecule has 6 heteroatoms. The fourth-order valence-electron chi connectivity index (χ4n) is 4.35. The Morgan fingerprint density at radius 1 is 1.03 bits per heavy atom. The molecule has 3 heterocycles. The van der Waals surface area contributed by atoms with Crippen LogP contribution in [0.25, 0.3) is 28.2 Å². The maximum absolute atomic E-state index is 5.65. The zero-order chi connectivity index (χ0) is 21.2. The number of aromatic nitrogens is 3. The largest absolute Gasteiger partial charge is 0.493 e. The SMILES string of the molecule is COc1cccc(-c2cccn3nc(-c4[c]ccc(C5CCNCC5)c4)nc23)c1OC. The molecule has 1 radical (unpaired) electrons. The van der Waals surface area contributed by atoms with Gasteiger partial charge in [0.05, 0.1) is 14.2 Å². The van der Waals surface area contributed by atoms with Gasteiger partial charge >= 0.3 is 0 Å². The lowest BCUT2D eigenvalue weighted by Crippen LogP contribution is -2.26. The highest BCUT2D eigenvalue weighted by molar-refractivity contribution is 5.84. The Hall–Kier alpha value is -3.38. The lowest BCUT2D eigenvalue weighted by atomic mass is 9.89. The Morgan fingerprint density at radius 3 is 2.68 bits per heavy atom. The molecule has 1 saturated heterocycles. The third-order valence-electron chi connectivity index (χ3n) is 5.93. The molecule has 0 unspecified atom stereocenters. The molecular weight excluding hydrogens is 388 g/mol. The zero-order valence-electron chi connectivity index (χ0n) is 17.8. The number of fused-ring (bicyclic) bond motifs is 1. The van der Waals surface area contributed by atoms with Crippen LogP contribution in [0.1, 0.15) is 24.3 Å². The Kier molecular flexibility index (Phi) is 5.30. The molecule has 1 aliphatic heterocycles. The lowest BCUT2D eigenvalue weighted by Gasteiger charge is -2.23. The van der Waals surface area contributed by atoms with Gasteiger partial charge in [0.15, 0.2) is 23.0 Å². The number of hydrogen-bond acceptors (Lipinski definition) is 5. The van der Waals surface area contributed by atoms with Gasteiger partial charge in [-0.15, -0.1) is 5.10 Å². The van der Waals surface area contributed by atoms with Gasteiger partial charge in [0.1, 0.15) is 0 Å². The maximum atomic E-state index is 5.65. The summed E-state index contributed by atoms with van der Waals surface area (Å²) in [6.07, 6.45) is 4.22. The molecule has 157 valence electrons. The Bertz CT molecular complexity index is 1210. The Morgan fingerprint density at radius 2 is 1.87 bits per heavy atom. The van der Waals surface area contributed by atoms with Crippen LogP contribution in [0.15, 0.2) is 54.7 Å². The minimum atomic E-state index is 0.572. The van der Waals surface area contributed by atoms with Crippen LogP contribution in [0.5, 0.6) is 11.5 Å². The highest BCUT2D eigenvalue weighted by Gasteiger charge is 2.19. The lowest BCUT2D eigenvalue weighted by molar-refractivity contribution is 0.356. The van der Waals surface area contributed by atoms with Crippen molar-refractivity contribution in [2.24, 2.45) is 0 Å². The zero-order valence-corrected chi connectivity index (χ0v) is 17.8. The first-order chi connectivity index (χ1) is 15.3. The second-order valence-corrected chi connectivity index (χ2v) is 7.73. The first kappa shape index (κ1) is 19.6. The van der Waals surface area contributed by atoms with E-state index in [1.54, 1.807) is 14.2 Å². The number of methoxy groups -OCH3 is 2. The number of rotatable bonds is 5. The molecule has 0 atom stereocenters. The molecule has 4 aromatic rings. The number of para-hydroxylation sites is 1. The Balaban J connectivity index is 1.59. The van der Waals surface area contributed by atoms with Crippen molar-refractivity contribution in [2.45, 2.75) is 18.8 Å². The molecule has 6 nitrogen and oxygen atoms in total. The number of ether oxygens (including phenoxy) is 2. The molecule has 31 heavy (non-hydrogen) atoms. The predicted octanol–water partition coefficient (Wildman–Crippen LogP) is 4.35. The average molecular weight is 414 g/mol. The molecule has 1 fully saturated rings. The fraction of sp³-hybridized carbons (Fsp3) is 0.280. The molecule has 2 aromatic carbocycles. The van der Waals surface area contributed by atoms with Crippen molar-refractivity contribution in [3.63, 3.8) is 0 Å². The van der Waals surface area contributed by atoms with Gasteiger partial charge in [-0.25, -0.2) is 9.50 Å². The van der Waals surface area contributed by atoms with Crippen molar-refractivity contribution in [3.8, 4) is 34.0 Å². The second-order valence-electron chi connectivity index (χ2n) is 7.73. The van der Waals surface area contributed by atoms with Crippen LogP contribution in [-0.4, -0.2) is 41.9 Å². The first-order valence-corrected chi connectivity index (χ1v) is 10.6. The van der Waals surface area contributed by atoms with Crippen LogP contribution >= 0.6 is 0 Å². The summed E-state index contributed by atoms with van der Waals surface area (Å²) in [5.41, 5.74) is 4.88. The average Bonchev–Trinajstić information content (AvgIpc) is 3.29. The van der Waals surface area contributed by atoms with Crippen LogP contribution < -0.4 is 14.8 Å².